The summed E-state index contributed by atoms with van der Waals surface area (Å²) in [6.45, 7) is 0. The lowest BCUT2D eigenvalue weighted by Gasteiger charge is -2.19. The molecule has 2 amide bonds. The second kappa shape index (κ2) is 6.63. The first-order chi connectivity index (χ1) is 13.5. The third-order valence-electron chi connectivity index (χ3n) is 4.87. The first kappa shape index (κ1) is 18.0. The molecule has 144 valence electrons. The van der Waals surface area contributed by atoms with E-state index < -0.39 is 23.2 Å². The zero-order chi connectivity index (χ0) is 19.9. The number of hydrogen-bond acceptors (Lipinski definition) is 6. The van der Waals surface area contributed by atoms with Crippen LogP contribution in [-0.2, 0) is 14.4 Å². The van der Waals surface area contributed by atoms with E-state index in [2.05, 4.69) is 5.16 Å². The van der Waals surface area contributed by atoms with Gasteiger partial charge in [0, 0.05) is 18.1 Å². The van der Waals surface area contributed by atoms with Crippen molar-refractivity contribution in [3.63, 3.8) is 0 Å². The summed E-state index contributed by atoms with van der Waals surface area (Å²) in [6, 6.07) is 10.4. The summed E-state index contributed by atoms with van der Waals surface area (Å²) in [7, 11) is 3.07. The van der Waals surface area contributed by atoms with Gasteiger partial charge in [0.1, 0.15) is 17.3 Å². The van der Waals surface area contributed by atoms with Gasteiger partial charge in [-0.25, -0.2) is 9.29 Å². The molecule has 7 nitrogen and oxygen atoms in total. The molecule has 0 bridgehead atoms. The number of nitrogens with zero attached hydrogens (tertiary/aromatic N) is 2. The van der Waals surface area contributed by atoms with Crippen LogP contribution in [0.2, 0.25) is 0 Å². The van der Waals surface area contributed by atoms with E-state index in [1.807, 2.05) is 0 Å². The zero-order valence-corrected chi connectivity index (χ0v) is 15.3. The van der Waals surface area contributed by atoms with Crippen molar-refractivity contribution in [2.24, 2.45) is 5.16 Å². The number of methoxy groups -OCH3 is 2. The molecular weight excluding hydrogens is 367 g/mol. The molecule has 0 N–H and O–H groups in total. The van der Waals surface area contributed by atoms with Gasteiger partial charge >= 0.3 is 0 Å². The Balaban J connectivity index is 1.61. The van der Waals surface area contributed by atoms with Crippen molar-refractivity contribution in [2.45, 2.75) is 18.4 Å². The van der Waals surface area contributed by atoms with Crippen molar-refractivity contribution in [3.05, 3.63) is 53.8 Å². The van der Waals surface area contributed by atoms with E-state index in [1.165, 1.54) is 31.4 Å². The van der Waals surface area contributed by atoms with E-state index in [-0.39, 0.29) is 12.8 Å². The van der Waals surface area contributed by atoms with Crippen LogP contribution in [0.1, 0.15) is 18.4 Å². The summed E-state index contributed by atoms with van der Waals surface area (Å²) >= 11 is 0. The van der Waals surface area contributed by atoms with Crippen molar-refractivity contribution in [2.75, 3.05) is 19.1 Å². The van der Waals surface area contributed by atoms with Crippen LogP contribution >= 0.6 is 0 Å². The van der Waals surface area contributed by atoms with Crippen LogP contribution in [0.25, 0.3) is 0 Å². The van der Waals surface area contributed by atoms with Crippen LogP contribution in [0.3, 0.4) is 0 Å². The van der Waals surface area contributed by atoms with Crippen LogP contribution in [0.4, 0.5) is 10.1 Å². The molecule has 0 unspecified atom stereocenters. The van der Waals surface area contributed by atoms with Gasteiger partial charge in [0.25, 0.3) is 5.91 Å². The number of amides is 2. The van der Waals surface area contributed by atoms with Crippen molar-refractivity contribution >= 4 is 23.2 Å². The quantitative estimate of drug-likeness (QED) is 0.758. The van der Waals surface area contributed by atoms with Gasteiger partial charge in [-0.15, -0.1) is 0 Å². The monoisotopic (exact) mass is 384 g/mol. The molecule has 2 aliphatic rings. The maximum absolute atomic E-state index is 13.2. The summed E-state index contributed by atoms with van der Waals surface area (Å²) in [5, 5.41) is 4.07. The Morgan fingerprint density at radius 3 is 2.50 bits per heavy atom. The minimum absolute atomic E-state index is 0.123. The number of rotatable bonds is 4. The van der Waals surface area contributed by atoms with Crippen LogP contribution in [0.15, 0.2) is 47.6 Å². The smallest absolute Gasteiger partial charge is 0.281 e. The molecule has 2 aromatic rings. The summed E-state index contributed by atoms with van der Waals surface area (Å²) < 4.78 is 23.7. The maximum Gasteiger partial charge on any atom is 0.281 e. The number of carbonyl (C=O) groups is 2. The normalized spacial score (nSPS) is 21.1. The van der Waals surface area contributed by atoms with Crippen LogP contribution in [0.5, 0.6) is 11.5 Å². The van der Waals surface area contributed by atoms with Gasteiger partial charge in [-0.1, -0.05) is 5.16 Å². The Kier molecular flexibility index (Phi) is 4.26. The average molecular weight is 384 g/mol. The Morgan fingerprint density at radius 2 is 1.82 bits per heavy atom. The number of imide groups is 1. The highest BCUT2D eigenvalue weighted by atomic mass is 19.1. The lowest BCUT2D eigenvalue weighted by molar-refractivity contribution is -0.136. The molecule has 0 aliphatic carbocycles. The molecule has 1 saturated heterocycles. The largest absolute Gasteiger partial charge is 0.497 e. The van der Waals surface area contributed by atoms with Gasteiger partial charge in [-0.05, 0) is 36.4 Å². The molecule has 0 saturated carbocycles. The predicted octanol–water partition coefficient (Wildman–Crippen LogP) is 2.67. The Labute approximate surface area is 160 Å². The van der Waals surface area contributed by atoms with Gasteiger partial charge in [0.15, 0.2) is 0 Å². The van der Waals surface area contributed by atoms with Gasteiger partial charge in [-0.3, -0.25) is 9.59 Å². The maximum atomic E-state index is 13.2. The van der Waals surface area contributed by atoms with Crippen LogP contribution in [-0.4, -0.2) is 37.3 Å². The van der Waals surface area contributed by atoms with Crippen LogP contribution < -0.4 is 14.4 Å². The average Bonchev–Trinajstić information content (AvgIpc) is 3.23. The topological polar surface area (TPSA) is 77.4 Å². The number of benzene rings is 2. The van der Waals surface area contributed by atoms with Crippen molar-refractivity contribution in [3.8, 4) is 11.5 Å². The second-order valence-corrected chi connectivity index (χ2v) is 6.55. The molecule has 1 fully saturated rings. The number of anilines is 1. The molecule has 2 aromatic carbocycles. The fourth-order valence-corrected chi connectivity index (χ4v) is 3.44. The molecule has 2 aliphatic heterocycles. The van der Waals surface area contributed by atoms with E-state index in [4.69, 9.17) is 14.3 Å². The SMILES string of the molecule is COc1ccc(C2=NO[C@@]3(CC(=O)N(c4ccc(F)cc4)C3=O)C2)c(OC)c1. The highest BCUT2D eigenvalue weighted by Gasteiger charge is 2.58. The van der Waals surface area contributed by atoms with E-state index in [0.717, 1.165) is 4.90 Å². The lowest BCUT2D eigenvalue weighted by atomic mass is 9.92. The number of halogens is 1. The van der Waals surface area contributed by atoms with Crippen molar-refractivity contribution in [1.82, 2.24) is 0 Å². The predicted molar refractivity (Wildman–Crippen MR) is 98.0 cm³/mol. The summed E-state index contributed by atoms with van der Waals surface area (Å²) in [5.74, 6) is -0.257. The Bertz CT molecular complexity index is 989. The Morgan fingerprint density at radius 1 is 1.07 bits per heavy atom. The Hall–Kier alpha value is -3.42. The summed E-state index contributed by atoms with van der Waals surface area (Å²) in [4.78, 5) is 32.1. The molecule has 0 radical (unpaired) electrons. The molecule has 28 heavy (non-hydrogen) atoms. The molecule has 1 spiro atoms. The number of ether oxygens (including phenoxy) is 2. The van der Waals surface area contributed by atoms with Crippen molar-refractivity contribution in [1.29, 1.82) is 0 Å². The fourth-order valence-electron chi connectivity index (χ4n) is 3.44. The highest BCUT2D eigenvalue weighted by molar-refractivity contribution is 6.26. The molecular formula is C20H17FN2O5. The number of carbonyl (C=O) groups excluding carboxylic acids is 2. The molecule has 2 heterocycles. The standard InChI is InChI=1S/C20H17FN2O5/c1-26-14-7-8-15(17(9-14)27-2)16-10-20(28-22-16)11-18(24)23(19(20)25)13-5-3-12(21)4-6-13/h3-9H,10-11H2,1-2H3/t20-/m1/s1. The van der Waals surface area contributed by atoms with Gasteiger partial charge in [0.05, 0.1) is 32.0 Å². The fraction of sp³-hybridized carbons (Fsp3) is 0.250. The minimum Gasteiger partial charge on any atom is -0.497 e. The molecule has 4 rings (SSSR count). The third-order valence-corrected chi connectivity index (χ3v) is 4.87. The number of hydrogen-bond donors (Lipinski definition) is 0. The zero-order valence-electron chi connectivity index (χ0n) is 15.3. The van der Waals surface area contributed by atoms with E-state index in [0.29, 0.717) is 28.5 Å². The lowest BCUT2D eigenvalue weighted by Crippen LogP contribution is -2.40. The first-order valence-corrected chi connectivity index (χ1v) is 8.58. The molecule has 8 heteroatoms. The van der Waals surface area contributed by atoms with Crippen LogP contribution in [0, 0.1) is 5.82 Å². The third kappa shape index (κ3) is 2.77. The van der Waals surface area contributed by atoms with E-state index in [1.54, 1.807) is 25.3 Å². The van der Waals surface area contributed by atoms with Gasteiger partial charge in [0.2, 0.25) is 11.5 Å². The van der Waals surface area contributed by atoms with Gasteiger partial charge < -0.3 is 14.3 Å². The van der Waals surface area contributed by atoms with Gasteiger partial charge in [-0.2, -0.15) is 0 Å². The summed E-state index contributed by atoms with van der Waals surface area (Å²) in [6.07, 6.45) is -0.0212. The molecule has 1 atom stereocenters. The van der Waals surface area contributed by atoms with E-state index in [9.17, 15) is 14.0 Å². The minimum atomic E-state index is -1.40. The summed E-state index contributed by atoms with van der Waals surface area (Å²) in [5.41, 5.74) is 0.0563. The van der Waals surface area contributed by atoms with E-state index >= 15 is 0 Å². The highest BCUT2D eigenvalue weighted by Crippen LogP contribution is 2.40. The second-order valence-electron chi connectivity index (χ2n) is 6.55. The molecule has 0 aromatic heterocycles. The number of oxime groups is 1. The van der Waals surface area contributed by atoms with Crippen molar-refractivity contribution < 1.29 is 28.3 Å². The first-order valence-electron chi connectivity index (χ1n) is 8.58.